The molecule has 0 spiro atoms. The quantitative estimate of drug-likeness (QED) is 0.654. The minimum atomic E-state index is 0.624. The lowest BCUT2D eigenvalue weighted by Crippen LogP contribution is -2.34. The largest absolute Gasteiger partial charge is 0.292 e. The van der Waals surface area contributed by atoms with Gasteiger partial charge in [-0.1, -0.05) is 44.6 Å². The second kappa shape index (κ2) is 6.97. The summed E-state index contributed by atoms with van der Waals surface area (Å²) in [5.41, 5.74) is 1.44. The zero-order chi connectivity index (χ0) is 12.8. The molecule has 2 atom stereocenters. The molecular formula is C15H28N2. The van der Waals surface area contributed by atoms with Crippen LogP contribution in [0.1, 0.15) is 33.6 Å². The first-order chi connectivity index (χ1) is 8.08. The summed E-state index contributed by atoms with van der Waals surface area (Å²) in [7, 11) is 2.22. The highest BCUT2D eigenvalue weighted by Crippen LogP contribution is 2.20. The molecule has 0 aliphatic carbocycles. The van der Waals surface area contributed by atoms with Crippen LogP contribution in [0.5, 0.6) is 0 Å². The molecule has 0 aromatic carbocycles. The van der Waals surface area contributed by atoms with Crippen molar-refractivity contribution in [3.63, 3.8) is 0 Å². The smallest absolute Gasteiger partial charge is 0.0507 e. The number of nitrogens with zero attached hydrogens (tertiary/aromatic N) is 2. The summed E-state index contributed by atoms with van der Waals surface area (Å²) in [6, 6.07) is 0.754. The van der Waals surface area contributed by atoms with Crippen LogP contribution >= 0.6 is 0 Å². The average molecular weight is 236 g/mol. The van der Waals surface area contributed by atoms with E-state index < -0.39 is 0 Å². The number of hydrogen-bond donors (Lipinski definition) is 0. The van der Waals surface area contributed by atoms with Crippen LogP contribution in [0.3, 0.4) is 0 Å². The lowest BCUT2D eigenvalue weighted by Gasteiger charge is -2.26. The van der Waals surface area contributed by atoms with Gasteiger partial charge in [-0.25, -0.2) is 0 Å². The van der Waals surface area contributed by atoms with Crippen molar-refractivity contribution in [2.75, 3.05) is 26.8 Å². The fourth-order valence-corrected chi connectivity index (χ4v) is 2.62. The Morgan fingerprint density at radius 3 is 2.82 bits per heavy atom. The Morgan fingerprint density at radius 1 is 1.53 bits per heavy atom. The van der Waals surface area contributed by atoms with Crippen molar-refractivity contribution in [2.24, 2.45) is 5.92 Å². The van der Waals surface area contributed by atoms with E-state index in [9.17, 15) is 0 Å². The molecule has 1 aliphatic rings. The first kappa shape index (κ1) is 14.5. The molecule has 0 amide bonds. The zero-order valence-electron chi connectivity index (χ0n) is 11.9. The van der Waals surface area contributed by atoms with Gasteiger partial charge in [-0.05, 0) is 26.3 Å². The van der Waals surface area contributed by atoms with Crippen molar-refractivity contribution in [3.8, 4) is 0 Å². The van der Waals surface area contributed by atoms with Gasteiger partial charge in [-0.15, -0.1) is 0 Å². The van der Waals surface area contributed by atoms with E-state index in [-0.39, 0.29) is 0 Å². The van der Waals surface area contributed by atoms with Crippen LogP contribution in [-0.2, 0) is 0 Å². The second-order valence-corrected chi connectivity index (χ2v) is 5.44. The molecule has 98 valence electrons. The Bertz CT molecular complexity index is 270. The van der Waals surface area contributed by atoms with Crippen molar-refractivity contribution in [1.29, 1.82) is 0 Å². The van der Waals surface area contributed by atoms with Crippen LogP contribution in [0.25, 0.3) is 0 Å². The molecule has 2 unspecified atom stereocenters. The van der Waals surface area contributed by atoms with Crippen molar-refractivity contribution >= 4 is 0 Å². The van der Waals surface area contributed by atoms with Crippen molar-refractivity contribution < 1.29 is 0 Å². The molecule has 0 aromatic heterocycles. The molecule has 2 nitrogen and oxygen atoms in total. The predicted molar refractivity (Wildman–Crippen MR) is 76.0 cm³/mol. The fourth-order valence-electron chi connectivity index (χ4n) is 2.62. The zero-order valence-corrected chi connectivity index (χ0v) is 11.9. The highest BCUT2D eigenvalue weighted by Gasteiger charge is 2.28. The van der Waals surface area contributed by atoms with Crippen LogP contribution in [0, 0.1) is 5.92 Å². The molecule has 2 heteroatoms. The maximum atomic E-state index is 3.77. The standard InChI is InChI=1S/C15H28N2/c1-6-8-13(3)14(4)10-17-12-16(5)11-15(17)9-7-2/h6,8,14-15H,1,7,9-12H2,2-5H3/b13-8-. The molecule has 0 radical (unpaired) electrons. The number of rotatable bonds is 6. The van der Waals surface area contributed by atoms with E-state index in [4.69, 9.17) is 0 Å². The molecule has 1 rings (SSSR count). The Labute approximate surface area is 107 Å². The third-order valence-corrected chi connectivity index (χ3v) is 3.75. The SMILES string of the molecule is C=C/C=C(/C)C(C)CN1CN(C)CC1CCC. The van der Waals surface area contributed by atoms with E-state index in [1.807, 2.05) is 6.08 Å². The van der Waals surface area contributed by atoms with Gasteiger partial charge in [-0.2, -0.15) is 0 Å². The first-order valence-corrected chi connectivity index (χ1v) is 6.80. The van der Waals surface area contributed by atoms with Crippen LogP contribution < -0.4 is 0 Å². The Balaban J connectivity index is 2.54. The van der Waals surface area contributed by atoms with Gasteiger partial charge in [0.15, 0.2) is 0 Å². The Morgan fingerprint density at radius 2 is 2.24 bits per heavy atom. The summed E-state index contributed by atoms with van der Waals surface area (Å²) >= 11 is 0. The van der Waals surface area contributed by atoms with Crippen LogP contribution in [-0.4, -0.2) is 42.6 Å². The summed E-state index contributed by atoms with van der Waals surface area (Å²) in [5, 5.41) is 0. The predicted octanol–water partition coefficient (Wildman–Crippen LogP) is 3.13. The lowest BCUT2D eigenvalue weighted by atomic mass is 10.0. The van der Waals surface area contributed by atoms with Gasteiger partial charge in [0.05, 0.1) is 6.67 Å². The fraction of sp³-hybridized carbons (Fsp3) is 0.733. The van der Waals surface area contributed by atoms with Crippen LogP contribution in [0.15, 0.2) is 24.3 Å². The van der Waals surface area contributed by atoms with Gasteiger partial charge in [0, 0.05) is 19.1 Å². The van der Waals surface area contributed by atoms with E-state index in [1.165, 1.54) is 31.5 Å². The molecule has 1 saturated heterocycles. The van der Waals surface area contributed by atoms with Gasteiger partial charge >= 0.3 is 0 Å². The third kappa shape index (κ3) is 4.29. The molecular weight excluding hydrogens is 208 g/mol. The minimum Gasteiger partial charge on any atom is -0.292 e. The number of hydrogen-bond acceptors (Lipinski definition) is 2. The average Bonchev–Trinajstić information content (AvgIpc) is 2.60. The summed E-state index contributed by atoms with van der Waals surface area (Å²) < 4.78 is 0. The number of allylic oxidation sites excluding steroid dienone is 2. The molecule has 0 N–H and O–H groups in total. The van der Waals surface area contributed by atoms with Crippen LogP contribution in [0.4, 0.5) is 0 Å². The van der Waals surface area contributed by atoms with Gasteiger partial charge in [0.25, 0.3) is 0 Å². The molecule has 0 aromatic rings. The summed E-state index contributed by atoms with van der Waals surface area (Å²) in [4.78, 5) is 5.06. The highest BCUT2D eigenvalue weighted by atomic mass is 15.4. The Kier molecular flexibility index (Phi) is 5.93. The highest BCUT2D eigenvalue weighted by molar-refractivity contribution is 5.11. The minimum absolute atomic E-state index is 0.624. The summed E-state index contributed by atoms with van der Waals surface area (Å²) in [6.45, 7) is 14.1. The maximum Gasteiger partial charge on any atom is 0.0507 e. The van der Waals surface area contributed by atoms with E-state index in [1.54, 1.807) is 0 Å². The van der Waals surface area contributed by atoms with Crippen molar-refractivity contribution in [2.45, 2.75) is 39.7 Å². The normalized spacial score (nSPS) is 25.2. The topological polar surface area (TPSA) is 6.48 Å². The molecule has 1 fully saturated rings. The van der Waals surface area contributed by atoms with Crippen molar-refractivity contribution in [3.05, 3.63) is 24.3 Å². The Hall–Kier alpha value is -0.600. The second-order valence-electron chi connectivity index (χ2n) is 5.44. The summed E-state index contributed by atoms with van der Waals surface area (Å²) in [6.07, 6.45) is 6.64. The molecule has 0 saturated carbocycles. The van der Waals surface area contributed by atoms with E-state index in [2.05, 4.69) is 50.3 Å². The van der Waals surface area contributed by atoms with Crippen molar-refractivity contribution in [1.82, 2.24) is 9.80 Å². The van der Waals surface area contributed by atoms with E-state index >= 15 is 0 Å². The maximum absolute atomic E-state index is 3.77. The van der Waals surface area contributed by atoms with Gasteiger partial charge in [-0.3, -0.25) is 9.80 Å². The van der Waals surface area contributed by atoms with Gasteiger partial charge in [0.2, 0.25) is 0 Å². The molecule has 0 bridgehead atoms. The first-order valence-electron chi connectivity index (χ1n) is 6.80. The van der Waals surface area contributed by atoms with Crippen LogP contribution in [0.2, 0.25) is 0 Å². The lowest BCUT2D eigenvalue weighted by molar-refractivity contribution is 0.208. The van der Waals surface area contributed by atoms with Gasteiger partial charge in [0.1, 0.15) is 0 Å². The van der Waals surface area contributed by atoms with Gasteiger partial charge < -0.3 is 0 Å². The molecule has 1 heterocycles. The summed E-state index contributed by atoms with van der Waals surface area (Å²) in [5.74, 6) is 0.624. The molecule has 1 aliphatic heterocycles. The third-order valence-electron chi connectivity index (χ3n) is 3.75. The van der Waals surface area contributed by atoms with E-state index in [0.717, 1.165) is 12.7 Å². The number of likely N-dealkylation sites (N-methyl/N-ethyl adjacent to an activating group) is 1. The van der Waals surface area contributed by atoms with E-state index in [0.29, 0.717) is 5.92 Å². The monoisotopic (exact) mass is 236 g/mol. The molecule has 17 heavy (non-hydrogen) atoms.